The smallest absolute Gasteiger partial charge is 0.433 e. The fourth-order valence-electron chi connectivity index (χ4n) is 9.11. The van der Waals surface area contributed by atoms with Gasteiger partial charge in [0.1, 0.15) is 17.2 Å². The second kappa shape index (κ2) is 14.0. The van der Waals surface area contributed by atoms with E-state index in [0.717, 1.165) is 21.1 Å². The Morgan fingerprint density at radius 3 is 2.30 bits per heavy atom. The van der Waals surface area contributed by atoms with Gasteiger partial charge in [0, 0.05) is 23.6 Å². The average molecular weight is 841 g/mol. The van der Waals surface area contributed by atoms with Crippen LogP contribution < -0.4 is 15.2 Å². The Labute approximate surface area is 338 Å². The number of aromatic nitrogens is 1. The van der Waals surface area contributed by atoms with E-state index < -0.39 is 76.3 Å². The van der Waals surface area contributed by atoms with Crippen molar-refractivity contribution in [3.05, 3.63) is 122 Å². The van der Waals surface area contributed by atoms with E-state index in [1.807, 2.05) is 0 Å². The van der Waals surface area contributed by atoms with Gasteiger partial charge in [-0.05, 0) is 72.9 Å². The van der Waals surface area contributed by atoms with Gasteiger partial charge in [0.15, 0.2) is 5.82 Å². The number of methoxy groups -OCH3 is 1. The minimum absolute atomic E-state index is 0.00705. The molecule has 1 aromatic heterocycles. The number of rotatable bonds is 7. The van der Waals surface area contributed by atoms with Crippen molar-refractivity contribution in [2.75, 3.05) is 24.6 Å². The van der Waals surface area contributed by atoms with Gasteiger partial charge in [-0.15, -0.1) is 0 Å². The number of imide groups is 2. The number of amides is 4. The van der Waals surface area contributed by atoms with Gasteiger partial charge in [-0.2, -0.15) is 23.2 Å². The van der Waals surface area contributed by atoms with E-state index in [9.17, 15) is 32.7 Å². The monoisotopic (exact) mass is 839 g/mol. The number of hydrazine groups is 2. The average Bonchev–Trinajstić information content (AvgIpc) is 3.56. The summed E-state index contributed by atoms with van der Waals surface area (Å²) in [6, 6.07) is 19.2. The quantitative estimate of drug-likeness (QED) is 0.141. The van der Waals surface area contributed by atoms with E-state index in [1.54, 1.807) is 48.5 Å². The molecule has 3 heterocycles. The number of alkyl halides is 3. The number of pyridine rings is 1. The lowest BCUT2D eigenvalue weighted by Gasteiger charge is -2.50. The number of fused-ring (bicyclic) bond motifs is 4. The summed E-state index contributed by atoms with van der Waals surface area (Å²) >= 11 is 18.9. The minimum atomic E-state index is -4.84. The maximum absolute atomic E-state index is 15.3. The van der Waals surface area contributed by atoms with Crippen LogP contribution in [0.5, 0.6) is 11.5 Å². The van der Waals surface area contributed by atoms with Gasteiger partial charge < -0.3 is 9.84 Å². The number of carbonyl (C=O) groups excluding carboxylic acids is 4. The van der Waals surface area contributed by atoms with E-state index in [1.165, 1.54) is 38.4 Å². The first-order valence-electron chi connectivity index (χ1n) is 17.7. The molecule has 3 aromatic carbocycles. The summed E-state index contributed by atoms with van der Waals surface area (Å²) in [7, 11) is 2.71. The second-order valence-corrected chi connectivity index (χ2v) is 15.5. The lowest BCUT2D eigenvalue weighted by molar-refractivity contribution is -0.142. The lowest BCUT2D eigenvalue weighted by atomic mass is 9.49. The number of aromatic hydroxyl groups is 1. The molecule has 2 N–H and O–H groups in total. The molecule has 8 rings (SSSR count). The Morgan fingerprint density at radius 1 is 0.912 bits per heavy atom. The van der Waals surface area contributed by atoms with Crippen LogP contribution in [-0.4, -0.2) is 57.9 Å². The summed E-state index contributed by atoms with van der Waals surface area (Å²) in [5, 5.41) is 14.3. The highest BCUT2D eigenvalue weighted by Crippen LogP contribution is 2.65. The Kier molecular flexibility index (Phi) is 9.44. The lowest BCUT2D eigenvalue weighted by Crippen LogP contribution is -2.53. The first kappa shape index (κ1) is 38.6. The fraction of sp³-hybridized carbons (Fsp3) is 0.275. The van der Waals surface area contributed by atoms with E-state index >= 15 is 4.79 Å². The fourth-order valence-corrected chi connectivity index (χ4v) is 9.79. The highest BCUT2D eigenvalue weighted by Gasteiger charge is 2.71. The van der Waals surface area contributed by atoms with Gasteiger partial charge >= 0.3 is 6.18 Å². The third-order valence-corrected chi connectivity index (χ3v) is 12.4. The van der Waals surface area contributed by atoms with E-state index in [0.29, 0.717) is 33.5 Å². The van der Waals surface area contributed by atoms with Gasteiger partial charge in [-0.3, -0.25) is 29.6 Å². The first-order chi connectivity index (χ1) is 27.1. The number of hydrogen-bond donors (Lipinski definition) is 2. The molecule has 294 valence electrons. The van der Waals surface area contributed by atoms with Crippen LogP contribution in [0.4, 0.5) is 24.7 Å². The summed E-state index contributed by atoms with van der Waals surface area (Å²) in [6.45, 7) is 0. The number of carbonyl (C=O) groups is 4. The molecule has 11 nitrogen and oxygen atoms in total. The van der Waals surface area contributed by atoms with Crippen molar-refractivity contribution in [2.24, 2.45) is 23.7 Å². The van der Waals surface area contributed by atoms with E-state index in [2.05, 4.69) is 10.4 Å². The molecule has 4 aromatic rings. The van der Waals surface area contributed by atoms with Crippen molar-refractivity contribution in [2.45, 2.75) is 30.4 Å². The maximum Gasteiger partial charge on any atom is 0.433 e. The highest BCUT2D eigenvalue weighted by molar-refractivity contribution is 6.36. The molecule has 2 aliphatic heterocycles. The van der Waals surface area contributed by atoms with E-state index in [4.69, 9.17) is 39.5 Å². The second-order valence-electron chi connectivity index (χ2n) is 14.3. The number of nitrogens with one attached hydrogen (secondary N) is 1. The summed E-state index contributed by atoms with van der Waals surface area (Å²) in [5.41, 5.74) is 1.38. The zero-order valence-corrected chi connectivity index (χ0v) is 32.2. The molecule has 0 spiro atoms. The molecular formula is C40H31Cl3F3N5O6. The third-order valence-electron chi connectivity index (χ3n) is 11.5. The third kappa shape index (κ3) is 5.90. The number of hydrogen-bond acceptors (Lipinski definition) is 9. The Balaban J connectivity index is 1.28. The Morgan fingerprint density at radius 2 is 1.63 bits per heavy atom. The molecule has 6 atom stereocenters. The summed E-state index contributed by atoms with van der Waals surface area (Å²) in [4.78, 5) is 62.7. The molecule has 57 heavy (non-hydrogen) atoms. The number of anilines is 2. The number of nitrogens with zero attached hydrogens (tertiary/aromatic N) is 4. The van der Waals surface area contributed by atoms with Crippen molar-refractivity contribution < 1.29 is 42.2 Å². The molecule has 3 fully saturated rings. The number of phenolic OH excluding ortho intramolecular Hbond substituents is 1. The standard InChI is InChI=1S/C40H31Cl3F3N5O6/c1-49(34-27(42)14-16-31(47-34)40(44,45)46)51-35(53)24-13-12-22-25(32(24)37(51)55)18-26-36(54)50(48-29-15-9-20(41)17-28(29)43)38(56)39(26,19-7-10-21(57-2)11-8-19)33(22)23-5-3-4-6-30(23)52/h3-12,14-17,24-26,32-33,48,52H,13,18H2,1-2H3. The van der Waals surface area contributed by atoms with Crippen LogP contribution in [-0.2, 0) is 30.8 Å². The topological polar surface area (TPSA) is 132 Å². The van der Waals surface area contributed by atoms with Crippen LogP contribution >= 0.6 is 34.8 Å². The normalized spacial score (nSPS) is 25.5. The van der Waals surface area contributed by atoms with Gasteiger partial charge in [-0.1, -0.05) is 76.8 Å². The molecule has 6 unspecified atom stereocenters. The van der Waals surface area contributed by atoms with Gasteiger partial charge in [0.2, 0.25) is 0 Å². The number of para-hydroxylation sites is 1. The molecule has 17 heteroatoms. The van der Waals surface area contributed by atoms with Gasteiger partial charge in [0.05, 0.1) is 46.0 Å². The number of ether oxygens (including phenoxy) is 1. The van der Waals surface area contributed by atoms with Crippen molar-refractivity contribution in [3.63, 3.8) is 0 Å². The Bertz CT molecular complexity index is 2400. The van der Waals surface area contributed by atoms with Crippen LogP contribution in [0.25, 0.3) is 0 Å². The van der Waals surface area contributed by atoms with Gasteiger partial charge in [-0.25, -0.2) is 4.98 Å². The predicted molar refractivity (Wildman–Crippen MR) is 203 cm³/mol. The number of halogens is 6. The minimum Gasteiger partial charge on any atom is -0.508 e. The van der Waals surface area contributed by atoms with Crippen LogP contribution in [0.15, 0.2) is 90.5 Å². The molecule has 0 radical (unpaired) electrons. The molecule has 0 bridgehead atoms. The molecule has 2 aliphatic carbocycles. The maximum atomic E-state index is 15.3. The van der Waals surface area contributed by atoms with Gasteiger partial charge in [0.25, 0.3) is 23.6 Å². The zero-order chi connectivity index (χ0) is 40.7. The molecule has 1 saturated carbocycles. The molecule has 2 saturated heterocycles. The summed E-state index contributed by atoms with van der Waals surface area (Å²) in [6.07, 6.45) is -3.15. The molecular weight excluding hydrogens is 810 g/mol. The van der Waals surface area contributed by atoms with Crippen LogP contribution in [0.2, 0.25) is 15.1 Å². The Hall–Kier alpha value is -5.31. The largest absolute Gasteiger partial charge is 0.508 e. The van der Waals surface area contributed by atoms with Crippen LogP contribution in [0.1, 0.15) is 35.6 Å². The van der Waals surface area contributed by atoms with Crippen molar-refractivity contribution >= 4 is 69.9 Å². The summed E-state index contributed by atoms with van der Waals surface area (Å²) < 4.78 is 46.5. The SMILES string of the molecule is COc1ccc(C23C(=O)N(Nc4ccc(Cl)cc4Cl)C(=O)C2CC2C(=CCC4C(=O)N(N(C)c5nc(C(F)(F)F)ccc5Cl)C(=O)C42)C3c2ccccc2O)cc1. The predicted octanol–water partition coefficient (Wildman–Crippen LogP) is 7.81. The van der Waals surface area contributed by atoms with E-state index in [-0.39, 0.29) is 34.3 Å². The first-order valence-corrected chi connectivity index (χ1v) is 18.8. The highest BCUT2D eigenvalue weighted by atomic mass is 35.5. The molecule has 4 aliphatic rings. The van der Waals surface area contributed by atoms with Crippen LogP contribution in [0, 0.1) is 23.7 Å². The zero-order valence-electron chi connectivity index (χ0n) is 29.9. The van der Waals surface area contributed by atoms with Crippen molar-refractivity contribution in [1.29, 1.82) is 0 Å². The number of phenols is 1. The van der Waals surface area contributed by atoms with Crippen molar-refractivity contribution in [1.82, 2.24) is 15.0 Å². The van der Waals surface area contributed by atoms with Crippen LogP contribution in [0.3, 0.4) is 0 Å². The summed E-state index contributed by atoms with van der Waals surface area (Å²) in [5.74, 6) is -8.10. The van der Waals surface area contributed by atoms with Crippen molar-refractivity contribution in [3.8, 4) is 11.5 Å². The number of benzene rings is 3. The number of allylic oxidation sites excluding steroid dienone is 2. The molecule has 4 amide bonds.